The zero-order valence-corrected chi connectivity index (χ0v) is 28.1. The van der Waals surface area contributed by atoms with Crippen LogP contribution in [-0.4, -0.2) is 0 Å². The van der Waals surface area contributed by atoms with Gasteiger partial charge in [0.25, 0.3) is 0 Å². The molecule has 1 heteroatoms. The van der Waals surface area contributed by atoms with Crippen molar-refractivity contribution in [1.29, 1.82) is 0 Å². The molecule has 0 rings (SSSR count). The van der Waals surface area contributed by atoms with Gasteiger partial charge in [0, 0.05) is 177 Å². The second kappa shape index (κ2) is 40.3. The predicted molar refractivity (Wildman–Crippen MR) is 214 cm³/mol. The third-order valence-corrected chi connectivity index (χ3v) is 3.49. The van der Waals surface area contributed by atoms with Gasteiger partial charge in [0.05, 0.1) is 0 Å². The highest BCUT2D eigenvalue weighted by Crippen LogP contribution is 1.75. The molecular formula is C50H7I. The van der Waals surface area contributed by atoms with Gasteiger partial charge in [-0.15, -0.1) is 0 Å². The Labute approximate surface area is 316 Å². The van der Waals surface area contributed by atoms with E-state index in [0.717, 1.165) is 0 Å². The molecule has 0 heterocycles. The van der Waals surface area contributed by atoms with Gasteiger partial charge < -0.3 is 0 Å². The summed E-state index contributed by atoms with van der Waals surface area (Å²) in [6.07, 6.45) is 8.70. The number of hydrogen-bond donors (Lipinski definition) is 0. The fourth-order valence-corrected chi connectivity index (χ4v) is 1.73. The summed E-state index contributed by atoms with van der Waals surface area (Å²) >= 11 is 1.88. The van der Waals surface area contributed by atoms with Gasteiger partial charge in [-0.2, -0.15) is 0 Å². The van der Waals surface area contributed by atoms with Crippen molar-refractivity contribution in [2.75, 3.05) is 0 Å². The lowest BCUT2D eigenvalue weighted by molar-refractivity contribution is 1.94. The molecule has 0 atom stereocenters. The minimum absolute atomic E-state index is 1.66. The van der Waals surface area contributed by atoms with Gasteiger partial charge in [-0.1, -0.05) is 36.8 Å². The smallest absolute Gasteiger partial charge is 0.0192 e. The summed E-state index contributed by atoms with van der Waals surface area (Å²) in [6.45, 7) is 3.56. The van der Waals surface area contributed by atoms with E-state index < -0.39 is 0 Å². The molecule has 0 amide bonds. The highest BCUT2D eigenvalue weighted by atomic mass is 127. The van der Waals surface area contributed by atoms with Crippen molar-refractivity contribution in [3.63, 3.8) is 0 Å². The predicted octanol–water partition coefficient (Wildman–Crippen LogP) is 2.75. The summed E-state index contributed by atoms with van der Waals surface area (Å²) in [4.78, 5) is 0. The molecule has 0 aromatic rings. The summed E-state index contributed by atoms with van der Waals surface area (Å²) < 4.78 is 2.60. The van der Waals surface area contributed by atoms with Crippen LogP contribution in [0, 0.1) is 259 Å². The maximum absolute atomic E-state index is 3.56. The number of hydrogen-bond acceptors (Lipinski definition) is 0. The second-order valence-corrected chi connectivity index (χ2v) is 7.01. The summed E-state index contributed by atoms with van der Waals surface area (Å²) in [7, 11) is 0. The minimum atomic E-state index is 1.66. The lowest BCUT2D eigenvalue weighted by Gasteiger charge is -1.66. The monoisotopic (exact) mass is 734 g/mol. The molecule has 0 aliphatic carbocycles. The van der Waals surface area contributed by atoms with E-state index in [1.807, 2.05) is 22.6 Å². The molecule has 0 N–H and O–H groups in total. The van der Waals surface area contributed by atoms with Gasteiger partial charge in [-0.05, 0) is 105 Å². The molecule has 0 fully saturated rings. The van der Waals surface area contributed by atoms with Gasteiger partial charge in [0.1, 0.15) is 0 Å². The van der Waals surface area contributed by atoms with Crippen LogP contribution >= 0.6 is 22.6 Å². The number of rotatable bonds is 2. The van der Waals surface area contributed by atoms with E-state index in [9.17, 15) is 0 Å². The van der Waals surface area contributed by atoms with E-state index in [4.69, 9.17) is 0 Å². The Kier molecular flexibility index (Phi) is 32.6. The summed E-state index contributed by atoms with van der Waals surface area (Å²) in [6, 6.07) is 0. The fraction of sp³-hybridized carbons (Fsp3) is 0. The van der Waals surface area contributed by atoms with Crippen molar-refractivity contribution in [1.82, 2.24) is 0 Å². The van der Waals surface area contributed by atoms with E-state index >= 15 is 0 Å². The van der Waals surface area contributed by atoms with E-state index in [2.05, 4.69) is 265 Å². The zero-order chi connectivity index (χ0) is 36.6. The molecule has 0 aromatic carbocycles. The molecule has 0 aliphatic heterocycles. The molecule has 0 saturated heterocycles. The van der Waals surface area contributed by atoms with Crippen LogP contribution in [0.15, 0.2) is 37.0 Å². The molecule has 0 spiro atoms. The fourth-order valence-electron chi connectivity index (χ4n) is 1.60. The molecule has 0 aliphatic rings. The Morgan fingerprint density at radius 2 is 0.431 bits per heavy atom. The van der Waals surface area contributed by atoms with Crippen molar-refractivity contribution < 1.29 is 0 Å². The Hall–Kier alpha value is -9.73. The van der Waals surface area contributed by atoms with Crippen molar-refractivity contribution in [3.05, 3.63) is 37.0 Å². The van der Waals surface area contributed by atoms with Crippen LogP contribution in [-0.2, 0) is 0 Å². The van der Waals surface area contributed by atoms with Crippen molar-refractivity contribution in [2.45, 2.75) is 0 Å². The lowest BCUT2D eigenvalue weighted by Crippen LogP contribution is -1.57. The standard InChI is InChI=1S/C50H7I/c1-2-3-4-5-6-7-8-9-10-11-12-13-14-15-16-17-18-19-20-21-22-23-24-25-26-27-28-29-30-31-32-33-34-35-36-37-38-39-40-41-42-43-44-45-46-47-48-49-50-51/h2-6H,1H2. The van der Waals surface area contributed by atoms with Crippen LogP contribution in [0.5, 0.6) is 0 Å². The molecule has 0 saturated carbocycles. The first-order chi connectivity index (χ1) is 25.4. The first-order valence-corrected chi connectivity index (χ1v) is 14.0. The molecule has 51 heavy (non-hydrogen) atoms. The molecule has 214 valence electrons. The third kappa shape index (κ3) is 40.3. The van der Waals surface area contributed by atoms with Crippen molar-refractivity contribution in [3.8, 4) is 259 Å². The van der Waals surface area contributed by atoms with Gasteiger partial charge in [-0.25, -0.2) is 0 Å². The largest absolute Gasteiger partial charge is 0.0991 e. The Bertz CT molecular complexity index is 2940. The van der Waals surface area contributed by atoms with Gasteiger partial charge in [0.15, 0.2) is 0 Å². The molecule has 0 nitrogen and oxygen atoms in total. The van der Waals surface area contributed by atoms with Crippen LogP contribution in [0.1, 0.15) is 0 Å². The average molecular weight is 735 g/mol. The normalized spacial score (nSPS) is 4.96. The summed E-state index contributed by atoms with van der Waals surface area (Å²) in [5.74, 6) is 108. The molecule has 0 bridgehead atoms. The van der Waals surface area contributed by atoms with Crippen LogP contribution in [0.3, 0.4) is 0 Å². The first kappa shape index (κ1) is 41.3. The highest BCUT2D eigenvalue weighted by Gasteiger charge is 1.62. The SMILES string of the molecule is C=CC=CC=CC#CC#CC#CC#CC#CC#CC#CC#CC#CC#CC#CC#CC#CC#CC#CC#CC#CC#CC#CC#CC#CC#CI. The first-order valence-electron chi connectivity index (χ1n) is 13.0. The van der Waals surface area contributed by atoms with E-state index in [1.54, 1.807) is 30.4 Å². The minimum Gasteiger partial charge on any atom is -0.0991 e. The van der Waals surface area contributed by atoms with Crippen molar-refractivity contribution in [2.24, 2.45) is 0 Å². The zero-order valence-electron chi connectivity index (χ0n) is 26.0. The molecule has 0 unspecified atom stereocenters. The topological polar surface area (TPSA) is 0 Å². The third-order valence-electron chi connectivity index (χ3n) is 3.22. The molecule has 0 aromatic heterocycles. The second-order valence-electron chi connectivity index (χ2n) is 6.47. The quantitative estimate of drug-likeness (QED) is 0.233. The van der Waals surface area contributed by atoms with Crippen LogP contribution in [0.2, 0.25) is 0 Å². The number of allylic oxidation sites excluding steroid dienone is 5. The maximum atomic E-state index is 3.56. The lowest BCUT2D eigenvalue weighted by atomic mass is 10.4. The van der Waals surface area contributed by atoms with E-state index in [0.29, 0.717) is 0 Å². The Morgan fingerprint density at radius 3 is 0.627 bits per heavy atom. The van der Waals surface area contributed by atoms with Gasteiger partial charge in [-0.3, -0.25) is 0 Å². The summed E-state index contributed by atoms with van der Waals surface area (Å²) in [5.41, 5.74) is 0. The summed E-state index contributed by atoms with van der Waals surface area (Å²) in [5, 5.41) is 0. The highest BCUT2D eigenvalue weighted by molar-refractivity contribution is 14.1. The number of halogens is 1. The van der Waals surface area contributed by atoms with Gasteiger partial charge >= 0.3 is 0 Å². The van der Waals surface area contributed by atoms with Crippen LogP contribution in [0.25, 0.3) is 0 Å². The Morgan fingerprint density at radius 1 is 0.235 bits per heavy atom. The molecule has 0 radical (unpaired) electrons. The maximum Gasteiger partial charge on any atom is 0.0192 e. The average Bonchev–Trinajstić information content (AvgIpc) is 3.14. The van der Waals surface area contributed by atoms with E-state index in [-0.39, 0.29) is 0 Å². The van der Waals surface area contributed by atoms with Crippen LogP contribution < -0.4 is 0 Å². The van der Waals surface area contributed by atoms with Gasteiger partial charge in [0.2, 0.25) is 0 Å². The van der Waals surface area contributed by atoms with E-state index in [1.165, 1.54) is 0 Å². The van der Waals surface area contributed by atoms with Crippen molar-refractivity contribution >= 4 is 22.6 Å². The van der Waals surface area contributed by atoms with Crippen LogP contribution in [0.4, 0.5) is 0 Å². The molecular weight excluding hydrogens is 727 g/mol. The Balaban J connectivity index is 4.55.